The molecule has 0 radical (unpaired) electrons. The number of hydrogen-bond acceptors (Lipinski definition) is 6. The number of carbonyl (C=O) groups excluding carboxylic acids is 1. The highest BCUT2D eigenvalue weighted by Gasteiger charge is 2.40. The summed E-state index contributed by atoms with van der Waals surface area (Å²) in [5, 5.41) is -0.168. The van der Waals surface area contributed by atoms with E-state index >= 15 is 0 Å². The van der Waals surface area contributed by atoms with Crippen molar-refractivity contribution in [2.45, 2.75) is 13.1 Å². The van der Waals surface area contributed by atoms with Gasteiger partial charge < -0.3 is 18.6 Å². The lowest BCUT2D eigenvalue weighted by molar-refractivity contribution is -0.154. The van der Waals surface area contributed by atoms with Crippen LogP contribution in [0.25, 0.3) is 17.0 Å². The van der Waals surface area contributed by atoms with Crippen molar-refractivity contribution >= 4 is 23.0 Å². The fourth-order valence-electron chi connectivity index (χ4n) is 3.25. The van der Waals surface area contributed by atoms with Crippen molar-refractivity contribution < 1.29 is 36.6 Å². The second kappa shape index (κ2) is 9.99. The molecule has 0 saturated heterocycles. The van der Waals surface area contributed by atoms with E-state index < -0.39 is 34.7 Å². The summed E-state index contributed by atoms with van der Waals surface area (Å²) in [5.41, 5.74) is 0.146. The van der Waals surface area contributed by atoms with Gasteiger partial charge in [0, 0.05) is 12.1 Å². The molecule has 36 heavy (non-hydrogen) atoms. The number of alkyl halides is 3. The minimum absolute atomic E-state index is 0.0481. The van der Waals surface area contributed by atoms with Crippen LogP contribution in [0.4, 0.5) is 13.2 Å². The number of rotatable bonds is 6. The van der Waals surface area contributed by atoms with Crippen LogP contribution in [0.5, 0.6) is 23.0 Å². The maximum atomic E-state index is 13.7. The number of aryl methyl sites for hydroxylation is 1. The molecule has 4 aromatic rings. The molecule has 184 valence electrons. The first kappa shape index (κ1) is 24.6. The third kappa shape index (κ3) is 5.57. The van der Waals surface area contributed by atoms with Crippen molar-refractivity contribution in [3.05, 3.63) is 99.9 Å². The van der Waals surface area contributed by atoms with Crippen LogP contribution in [0.1, 0.15) is 16.9 Å². The van der Waals surface area contributed by atoms with Gasteiger partial charge in [0.05, 0.1) is 12.5 Å². The number of hydrogen-bond donors (Lipinski definition) is 0. The van der Waals surface area contributed by atoms with Crippen molar-refractivity contribution in [2.24, 2.45) is 0 Å². The molecule has 0 aliphatic heterocycles. The molecule has 1 heterocycles. The largest absolute Gasteiger partial charge is 0.497 e. The van der Waals surface area contributed by atoms with Crippen molar-refractivity contribution in [3.63, 3.8) is 0 Å². The predicted molar refractivity (Wildman–Crippen MR) is 126 cm³/mol. The Morgan fingerprint density at radius 1 is 0.917 bits per heavy atom. The van der Waals surface area contributed by atoms with Gasteiger partial charge in [-0.3, -0.25) is 4.79 Å². The van der Waals surface area contributed by atoms with Gasteiger partial charge in [-0.2, -0.15) is 13.2 Å². The van der Waals surface area contributed by atoms with Gasteiger partial charge in [-0.1, -0.05) is 29.8 Å². The zero-order chi connectivity index (χ0) is 25.9. The van der Waals surface area contributed by atoms with E-state index in [1.807, 2.05) is 0 Å². The van der Waals surface area contributed by atoms with Crippen LogP contribution in [-0.4, -0.2) is 13.1 Å². The number of methoxy groups -OCH3 is 1. The summed E-state index contributed by atoms with van der Waals surface area (Å²) in [6.45, 7) is 1.80. The Hall–Kier alpha value is -4.53. The first-order valence-electron chi connectivity index (χ1n) is 10.6. The molecule has 0 aliphatic carbocycles. The number of benzene rings is 3. The van der Waals surface area contributed by atoms with Crippen molar-refractivity contribution in [3.8, 4) is 23.0 Å². The van der Waals surface area contributed by atoms with Crippen LogP contribution in [0, 0.1) is 6.92 Å². The molecule has 0 spiro atoms. The normalized spacial score (nSPS) is 11.6. The molecule has 0 fully saturated rings. The van der Waals surface area contributed by atoms with Gasteiger partial charge in [0.25, 0.3) is 5.76 Å². The van der Waals surface area contributed by atoms with Crippen LogP contribution < -0.4 is 19.6 Å². The minimum Gasteiger partial charge on any atom is -0.497 e. The molecule has 3 aromatic carbocycles. The summed E-state index contributed by atoms with van der Waals surface area (Å²) >= 11 is 0. The lowest BCUT2D eigenvalue weighted by Crippen LogP contribution is -2.15. The fraction of sp³-hybridized carbons (Fsp3) is 0.111. The molecule has 4 rings (SSSR count). The Kier molecular flexibility index (Phi) is 6.82. The van der Waals surface area contributed by atoms with Gasteiger partial charge in [-0.25, -0.2) is 4.79 Å². The SMILES string of the molecule is COc1ccc(C=CC(=O)Oc2ccc3c(=O)c(Oc4ccc(C)cc4)c(C(F)(F)F)oc3c2)cc1. The standard InChI is InChI=1S/C27H19F3O6/c1-16-3-8-19(9-4-16)35-25-24(32)21-13-12-20(15-22(21)36-26(25)27(28,29)30)34-23(31)14-7-17-5-10-18(33-2)11-6-17/h3-15H,1-2H3. The average Bonchev–Trinajstić information content (AvgIpc) is 2.85. The molecular formula is C27H19F3O6. The van der Waals surface area contributed by atoms with Crippen molar-refractivity contribution in [1.82, 2.24) is 0 Å². The van der Waals surface area contributed by atoms with E-state index in [0.717, 1.165) is 17.7 Å². The van der Waals surface area contributed by atoms with E-state index in [-0.39, 0.29) is 16.9 Å². The molecule has 1 aromatic heterocycles. The summed E-state index contributed by atoms with van der Waals surface area (Å²) in [6.07, 6.45) is -2.36. The molecule has 0 bridgehead atoms. The molecule has 6 nitrogen and oxygen atoms in total. The highest BCUT2D eigenvalue weighted by Crippen LogP contribution is 2.38. The zero-order valence-electron chi connectivity index (χ0n) is 19.1. The van der Waals surface area contributed by atoms with E-state index in [1.54, 1.807) is 43.3 Å². The van der Waals surface area contributed by atoms with Gasteiger partial charge in [-0.05, 0) is 55.0 Å². The monoisotopic (exact) mass is 496 g/mol. The van der Waals surface area contributed by atoms with E-state index in [4.69, 9.17) is 18.6 Å². The predicted octanol–water partition coefficient (Wildman–Crippen LogP) is 6.54. The van der Waals surface area contributed by atoms with E-state index in [1.165, 1.54) is 37.5 Å². The molecule has 0 unspecified atom stereocenters. The van der Waals surface area contributed by atoms with Crippen LogP contribution in [0.15, 0.2) is 82.0 Å². The molecule has 0 atom stereocenters. The molecule has 9 heteroatoms. The third-order valence-corrected chi connectivity index (χ3v) is 5.07. The number of fused-ring (bicyclic) bond motifs is 1. The highest BCUT2D eigenvalue weighted by molar-refractivity contribution is 5.89. The van der Waals surface area contributed by atoms with Gasteiger partial charge in [0.2, 0.25) is 11.2 Å². The Morgan fingerprint density at radius 2 is 1.56 bits per heavy atom. The summed E-state index contributed by atoms with van der Waals surface area (Å²) in [5.74, 6) is -2.75. The maximum Gasteiger partial charge on any atom is 0.453 e. The average molecular weight is 496 g/mol. The van der Waals surface area contributed by atoms with Crippen molar-refractivity contribution in [2.75, 3.05) is 7.11 Å². The summed E-state index contributed by atoms with van der Waals surface area (Å²) in [7, 11) is 1.53. The van der Waals surface area contributed by atoms with Gasteiger partial charge in [0.1, 0.15) is 22.8 Å². The van der Waals surface area contributed by atoms with Crippen molar-refractivity contribution in [1.29, 1.82) is 0 Å². The van der Waals surface area contributed by atoms with Gasteiger partial charge in [0.15, 0.2) is 0 Å². The Bertz CT molecular complexity index is 1480. The Labute approximate surface area is 203 Å². The summed E-state index contributed by atoms with van der Waals surface area (Å²) in [6, 6.07) is 16.6. The number of halogens is 3. The second-order valence-electron chi connectivity index (χ2n) is 7.69. The quantitative estimate of drug-likeness (QED) is 0.171. The highest BCUT2D eigenvalue weighted by atomic mass is 19.4. The number of ether oxygens (including phenoxy) is 3. The lowest BCUT2D eigenvalue weighted by atomic mass is 10.2. The number of esters is 1. The van der Waals surface area contributed by atoms with Gasteiger partial charge >= 0.3 is 12.1 Å². The van der Waals surface area contributed by atoms with E-state index in [0.29, 0.717) is 11.3 Å². The maximum absolute atomic E-state index is 13.7. The van der Waals surface area contributed by atoms with Crippen LogP contribution in [-0.2, 0) is 11.0 Å². The number of carbonyl (C=O) groups is 1. The van der Waals surface area contributed by atoms with Crippen LogP contribution in [0.2, 0.25) is 0 Å². The Morgan fingerprint density at radius 3 is 2.19 bits per heavy atom. The lowest BCUT2D eigenvalue weighted by Gasteiger charge is -2.13. The minimum atomic E-state index is -5.01. The third-order valence-electron chi connectivity index (χ3n) is 5.07. The summed E-state index contributed by atoms with van der Waals surface area (Å²) in [4.78, 5) is 25.1. The first-order chi connectivity index (χ1) is 17.1. The Balaban J connectivity index is 1.63. The summed E-state index contributed by atoms with van der Waals surface area (Å²) < 4.78 is 61.7. The molecule has 0 amide bonds. The fourth-order valence-corrected chi connectivity index (χ4v) is 3.25. The zero-order valence-corrected chi connectivity index (χ0v) is 19.1. The molecule has 0 aliphatic rings. The van der Waals surface area contributed by atoms with Gasteiger partial charge in [-0.15, -0.1) is 0 Å². The first-order valence-corrected chi connectivity index (χ1v) is 10.6. The van der Waals surface area contributed by atoms with E-state index in [9.17, 15) is 22.8 Å². The van der Waals surface area contributed by atoms with Crippen LogP contribution >= 0.6 is 0 Å². The van der Waals surface area contributed by atoms with E-state index in [2.05, 4.69) is 0 Å². The molecule has 0 saturated carbocycles. The molecular weight excluding hydrogens is 477 g/mol. The smallest absolute Gasteiger partial charge is 0.453 e. The molecule has 0 N–H and O–H groups in total. The topological polar surface area (TPSA) is 75.0 Å². The second-order valence-corrected chi connectivity index (χ2v) is 7.69. The van der Waals surface area contributed by atoms with Crippen LogP contribution in [0.3, 0.4) is 0 Å².